The van der Waals surface area contributed by atoms with E-state index in [4.69, 9.17) is 4.42 Å². The van der Waals surface area contributed by atoms with Crippen LogP contribution in [0.4, 0.5) is 13.2 Å². The molecule has 0 saturated carbocycles. The van der Waals surface area contributed by atoms with Gasteiger partial charge in [0.2, 0.25) is 0 Å². The zero-order valence-electron chi connectivity index (χ0n) is 17.0. The number of H-pyrrole nitrogens is 1. The lowest BCUT2D eigenvalue weighted by molar-refractivity contribution is 0.0566. The minimum atomic E-state index is -2.83. The Morgan fingerprint density at radius 2 is 2.18 bits per heavy atom. The largest absolute Gasteiger partial charge is 0.412 e. The van der Waals surface area contributed by atoms with Crippen molar-refractivity contribution in [3.8, 4) is 11.5 Å². The molecule has 5 aromatic rings. The molecule has 34 heavy (non-hydrogen) atoms. The fraction of sp³-hybridized carbons (Fsp3) is 0.200. The van der Waals surface area contributed by atoms with E-state index in [2.05, 4.69) is 30.2 Å². The molecule has 1 atom stereocenters. The van der Waals surface area contributed by atoms with Crippen LogP contribution in [-0.4, -0.2) is 52.3 Å². The second-order valence-corrected chi connectivity index (χ2v) is 8.52. The van der Waals surface area contributed by atoms with Gasteiger partial charge in [0.1, 0.15) is 22.4 Å². The number of rotatable bonds is 4. The van der Waals surface area contributed by atoms with Crippen LogP contribution in [0.5, 0.6) is 0 Å². The van der Waals surface area contributed by atoms with Gasteiger partial charge in [-0.3, -0.25) is 4.79 Å². The summed E-state index contributed by atoms with van der Waals surface area (Å²) < 4.78 is 46.5. The van der Waals surface area contributed by atoms with E-state index in [0.717, 1.165) is 18.1 Å². The van der Waals surface area contributed by atoms with E-state index in [0.29, 0.717) is 26.5 Å². The highest BCUT2D eigenvalue weighted by Crippen LogP contribution is 2.38. The Bertz CT molecular complexity index is 1520. The van der Waals surface area contributed by atoms with Gasteiger partial charge in [-0.05, 0) is 12.1 Å². The van der Waals surface area contributed by atoms with Gasteiger partial charge in [-0.1, -0.05) is 6.07 Å². The highest BCUT2D eigenvalue weighted by atomic mass is 32.1. The van der Waals surface area contributed by atoms with Crippen LogP contribution < -0.4 is 0 Å². The lowest BCUT2D eigenvalue weighted by Crippen LogP contribution is -2.41. The smallest absolute Gasteiger partial charge is 0.333 e. The van der Waals surface area contributed by atoms with Crippen LogP contribution in [0.1, 0.15) is 39.7 Å². The van der Waals surface area contributed by atoms with Gasteiger partial charge in [0, 0.05) is 24.9 Å². The fourth-order valence-corrected chi connectivity index (χ4v) is 5.00. The van der Waals surface area contributed by atoms with E-state index >= 15 is 0 Å². The molecule has 1 aliphatic rings. The van der Waals surface area contributed by atoms with Crippen molar-refractivity contribution in [3.05, 3.63) is 65.0 Å². The van der Waals surface area contributed by atoms with Crippen LogP contribution in [0, 0.1) is 5.82 Å². The van der Waals surface area contributed by atoms with Crippen molar-refractivity contribution in [1.82, 2.24) is 39.8 Å². The van der Waals surface area contributed by atoms with E-state index < -0.39 is 24.3 Å². The number of para-hydroxylation sites is 1. The molecule has 10 nitrogen and oxygen atoms in total. The third kappa shape index (κ3) is 3.25. The first kappa shape index (κ1) is 20.5. The number of imidazole rings is 1. The number of carbonyl (C=O) groups is 1. The van der Waals surface area contributed by atoms with Crippen molar-refractivity contribution in [3.63, 3.8) is 0 Å². The Balaban J connectivity index is 1.37. The Labute approximate surface area is 192 Å². The Hall–Kier alpha value is -4.07. The van der Waals surface area contributed by atoms with Gasteiger partial charge in [-0.2, -0.15) is 13.9 Å². The number of hydrogen-bond acceptors (Lipinski definition) is 8. The number of alkyl halides is 2. The standard InChI is InChI=1S/C20H13F3N8O2S/c21-10-2-1-3-12-13(10)27-18(34-12)15-14-11(24-8-25-14)4-5-30(15)19(32)17-29-28-16(33-17)9-6-26-31(7-9)20(22)23/h1-3,6-8,15,20H,4-5H2,(H,24,25)/t15-/m0/s1. The molecule has 1 N–H and O–H groups in total. The molecular weight excluding hydrogens is 473 g/mol. The van der Waals surface area contributed by atoms with Crippen LogP contribution in [0.15, 0.2) is 41.3 Å². The topological polar surface area (TPSA) is 119 Å². The highest BCUT2D eigenvalue weighted by molar-refractivity contribution is 7.18. The van der Waals surface area contributed by atoms with E-state index in [1.807, 2.05) is 0 Å². The van der Waals surface area contributed by atoms with Crippen LogP contribution in [0.25, 0.3) is 21.7 Å². The zero-order valence-corrected chi connectivity index (χ0v) is 17.8. The van der Waals surface area contributed by atoms with Crippen molar-refractivity contribution in [2.24, 2.45) is 0 Å². The monoisotopic (exact) mass is 486 g/mol. The van der Waals surface area contributed by atoms with Crippen LogP contribution in [0.3, 0.4) is 0 Å². The molecule has 5 heterocycles. The van der Waals surface area contributed by atoms with Gasteiger partial charge in [0.15, 0.2) is 0 Å². The number of nitrogens with one attached hydrogen (secondary N) is 1. The molecule has 6 rings (SSSR count). The molecule has 0 saturated heterocycles. The molecule has 172 valence electrons. The maximum atomic E-state index is 14.3. The highest BCUT2D eigenvalue weighted by Gasteiger charge is 2.38. The average Bonchev–Trinajstić information content (AvgIpc) is 3.62. The number of hydrogen-bond donors (Lipinski definition) is 1. The van der Waals surface area contributed by atoms with Gasteiger partial charge in [0.25, 0.3) is 5.89 Å². The second kappa shape index (κ2) is 7.76. The van der Waals surface area contributed by atoms with Gasteiger partial charge < -0.3 is 14.3 Å². The first-order valence-corrected chi connectivity index (χ1v) is 10.9. The van der Waals surface area contributed by atoms with E-state index in [1.165, 1.54) is 28.6 Å². The summed E-state index contributed by atoms with van der Waals surface area (Å²) in [5.74, 6) is -1.48. The number of fused-ring (bicyclic) bond motifs is 2. The van der Waals surface area contributed by atoms with Crippen molar-refractivity contribution in [2.45, 2.75) is 19.0 Å². The Kier molecular flexibility index (Phi) is 4.69. The maximum absolute atomic E-state index is 14.3. The van der Waals surface area contributed by atoms with Gasteiger partial charge in [-0.25, -0.2) is 19.0 Å². The summed E-state index contributed by atoms with van der Waals surface area (Å²) in [5, 5.41) is 11.6. The molecule has 0 radical (unpaired) electrons. The van der Waals surface area contributed by atoms with Crippen molar-refractivity contribution >= 4 is 27.5 Å². The predicted molar refractivity (Wildman–Crippen MR) is 112 cm³/mol. The van der Waals surface area contributed by atoms with Crippen LogP contribution in [-0.2, 0) is 6.42 Å². The first-order valence-electron chi connectivity index (χ1n) is 10.0. The van der Waals surface area contributed by atoms with Gasteiger partial charge in [0.05, 0.1) is 28.5 Å². The van der Waals surface area contributed by atoms with Crippen molar-refractivity contribution in [2.75, 3.05) is 6.54 Å². The van der Waals surface area contributed by atoms with E-state index in [9.17, 15) is 18.0 Å². The molecule has 1 amide bonds. The molecule has 0 unspecified atom stereocenters. The maximum Gasteiger partial charge on any atom is 0.333 e. The van der Waals surface area contributed by atoms with Crippen molar-refractivity contribution in [1.29, 1.82) is 0 Å². The van der Waals surface area contributed by atoms with Crippen molar-refractivity contribution < 1.29 is 22.4 Å². The molecular formula is C20H13F3N8O2S. The summed E-state index contributed by atoms with van der Waals surface area (Å²) in [6.07, 6.45) is 4.22. The summed E-state index contributed by atoms with van der Waals surface area (Å²) in [4.78, 5) is 26.8. The molecule has 1 aliphatic heterocycles. The Morgan fingerprint density at radius 3 is 2.97 bits per heavy atom. The molecule has 0 fully saturated rings. The summed E-state index contributed by atoms with van der Waals surface area (Å²) in [6.45, 7) is -2.54. The zero-order chi connectivity index (χ0) is 23.4. The van der Waals surface area contributed by atoms with Crippen LogP contribution in [0.2, 0.25) is 0 Å². The minimum absolute atomic E-state index is 0.119. The molecule has 1 aromatic carbocycles. The summed E-state index contributed by atoms with van der Waals surface area (Å²) in [5.41, 5.74) is 1.81. The molecule has 14 heteroatoms. The minimum Gasteiger partial charge on any atom is -0.412 e. The predicted octanol–water partition coefficient (Wildman–Crippen LogP) is 3.59. The average molecular weight is 486 g/mol. The molecule has 0 aliphatic carbocycles. The first-order chi connectivity index (χ1) is 16.5. The van der Waals surface area contributed by atoms with Crippen LogP contribution >= 0.6 is 11.3 Å². The number of nitrogens with zero attached hydrogens (tertiary/aromatic N) is 7. The molecule has 0 spiro atoms. The normalized spacial score (nSPS) is 15.9. The third-order valence-electron chi connectivity index (χ3n) is 5.46. The SMILES string of the molecule is O=C(c1nnc(-c2cnn(C(F)F)c2)o1)N1CCc2[nH]cnc2[C@H]1c1nc2c(F)cccc2s1. The van der Waals surface area contributed by atoms with E-state index in [1.54, 1.807) is 12.1 Å². The summed E-state index contributed by atoms with van der Waals surface area (Å²) in [7, 11) is 0. The number of halogens is 3. The third-order valence-corrected chi connectivity index (χ3v) is 6.54. The Morgan fingerprint density at radius 1 is 1.29 bits per heavy atom. The number of carbonyl (C=O) groups excluding carboxylic acids is 1. The quantitative estimate of drug-likeness (QED) is 0.412. The summed E-state index contributed by atoms with van der Waals surface area (Å²) >= 11 is 1.26. The van der Waals surface area contributed by atoms with Gasteiger partial charge in [-0.15, -0.1) is 21.5 Å². The number of amides is 1. The van der Waals surface area contributed by atoms with E-state index in [-0.39, 0.29) is 29.4 Å². The number of benzene rings is 1. The number of aromatic nitrogens is 7. The van der Waals surface area contributed by atoms with Gasteiger partial charge >= 0.3 is 18.3 Å². The fourth-order valence-electron chi connectivity index (χ4n) is 3.90. The second-order valence-electron chi connectivity index (χ2n) is 7.46. The number of thiazole rings is 1. The lowest BCUT2D eigenvalue weighted by Gasteiger charge is -2.32. The summed E-state index contributed by atoms with van der Waals surface area (Å²) in [6, 6.07) is 3.98. The lowest BCUT2D eigenvalue weighted by atomic mass is 10.0. The number of aromatic amines is 1. The molecule has 4 aromatic heterocycles. The molecule has 0 bridgehead atoms.